The molecule has 0 bridgehead atoms. The first-order valence-corrected chi connectivity index (χ1v) is 11.0. The van der Waals surface area contributed by atoms with Gasteiger partial charge in [0.05, 0.1) is 27.9 Å². The summed E-state index contributed by atoms with van der Waals surface area (Å²) in [5.41, 5.74) is 1.76. The maximum absolute atomic E-state index is 12.1. The van der Waals surface area contributed by atoms with Gasteiger partial charge in [0.1, 0.15) is 11.9 Å². The molecule has 0 saturated heterocycles. The third-order valence-corrected chi connectivity index (χ3v) is 5.58. The summed E-state index contributed by atoms with van der Waals surface area (Å²) in [6.07, 6.45) is 6.15. The Balaban J connectivity index is 0.00000240. The summed E-state index contributed by atoms with van der Waals surface area (Å²) in [7, 11) is -1.36. The van der Waals surface area contributed by atoms with E-state index in [1.54, 1.807) is 12.3 Å². The molecule has 29 heavy (non-hydrogen) atoms. The van der Waals surface area contributed by atoms with Crippen molar-refractivity contribution in [2.24, 2.45) is 0 Å². The molecule has 3 atom stereocenters. The molecule has 160 valence electrons. The minimum Gasteiger partial charge on any atom is -0.474 e. The topological polar surface area (TPSA) is 90.1 Å². The van der Waals surface area contributed by atoms with E-state index in [0.29, 0.717) is 18.1 Å². The number of benzene rings is 1. The normalized spacial score (nSPS) is 20.1. The van der Waals surface area contributed by atoms with E-state index < -0.39 is 10.8 Å². The summed E-state index contributed by atoms with van der Waals surface area (Å²) >= 11 is 0. The van der Waals surface area contributed by atoms with Crippen LogP contribution in [0.15, 0.2) is 35.5 Å². The second-order valence-corrected chi connectivity index (χ2v) is 8.22. The van der Waals surface area contributed by atoms with E-state index in [-0.39, 0.29) is 17.4 Å². The summed E-state index contributed by atoms with van der Waals surface area (Å²) in [6, 6.07) is 9.55. The quantitative estimate of drug-likeness (QED) is 0.336. The fourth-order valence-corrected chi connectivity index (χ4v) is 4.01. The molecule has 0 aliphatic heterocycles. The van der Waals surface area contributed by atoms with Crippen LogP contribution >= 0.6 is 0 Å². The fraction of sp³-hybridized carbons (Fsp3) is 0.400. The van der Waals surface area contributed by atoms with Gasteiger partial charge in [-0.1, -0.05) is 12.1 Å². The second kappa shape index (κ2) is 8.28. The average molecular weight is 656 g/mol. The molecule has 1 fully saturated rings. The molecule has 7 nitrogen and oxygen atoms in total. The van der Waals surface area contributed by atoms with E-state index >= 15 is 0 Å². The van der Waals surface area contributed by atoms with Crippen LogP contribution in [0.3, 0.4) is 0 Å². The van der Waals surface area contributed by atoms with Gasteiger partial charge in [0.2, 0.25) is 11.0 Å². The average Bonchev–Trinajstić information content (AvgIpc) is 3.06. The summed E-state index contributed by atoms with van der Waals surface area (Å²) in [4.78, 5) is 13.5. The van der Waals surface area contributed by atoms with E-state index in [1.165, 1.54) is 0 Å². The Bertz CT molecular complexity index is 1030. The van der Waals surface area contributed by atoms with Gasteiger partial charge in [0.25, 0.3) is 0 Å². The Hall–Kier alpha value is -3.45. The number of nitrogens with zero attached hydrogens (tertiary/aromatic N) is 4. The molecule has 2 aromatic heterocycles. The maximum Gasteiger partial charge on any atom is 0.223 e. The number of hydrogen-bond donors (Lipinski definition) is 1. The zero-order valence-electron chi connectivity index (χ0n) is 16.2. The van der Waals surface area contributed by atoms with E-state index in [2.05, 4.69) is 15.0 Å². The Morgan fingerprint density at radius 1 is 1.24 bits per heavy atom. The summed E-state index contributed by atoms with van der Waals surface area (Å²) < 4.78 is 20.1. The standard InChI is InChI=1S/C20H23N4O3S.Fm/c1-3-17-21-15-9-4-5-10-16(15)24(17)18-12-19(23-20(22-18)28(2)26)27-14-8-6-7-13(25)11-14;/h3-5,9-10,12-14,25H,6-8,11H2,1-2H3;/q-1;. The molecule has 3 aromatic rings. The van der Waals surface area contributed by atoms with Crippen LogP contribution in [0.2, 0.25) is 0 Å². The number of para-hydroxylation sites is 2. The van der Waals surface area contributed by atoms with Crippen LogP contribution in [-0.2, 0) is 10.8 Å². The van der Waals surface area contributed by atoms with Crippen LogP contribution in [0, 0.1) is 6.42 Å². The zero-order chi connectivity index (χ0) is 19.7. The minimum absolute atomic E-state index is 0. The molecule has 4 rings (SSSR count). The van der Waals surface area contributed by atoms with Crippen molar-refractivity contribution in [3.8, 4) is 11.7 Å². The molecule has 9 heteroatoms. The first-order chi connectivity index (χ1) is 13.5. The van der Waals surface area contributed by atoms with Crippen LogP contribution < -0.4 is 4.74 Å². The maximum atomic E-state index is 12.1. The predicted molar refractivity (Wildman–Crippen MR) is 107 cm³/mol. The summed E-state index contributed by atoms with van der Waals surface area (Å²) in [6.45, 7) is 1.92. The third kappa shape index (κ3) is 4.05. The monoisotopic (exact) mass is 656 g/mol. The number of imidazole rings is 1. The number of rotatable bonds is 5. The Labute approximate surface area is 166 Å². The van der Waals surface area contributed by atoms with Crippen LogP contribution in [0.1, 0.15) is 38.4 Å². The Morgan fingerprint density at radius 2 is 2.03 bits per heavy atom. The van der Waals surface area contributed by atoms with Gasteiger partial charge in [0, 0.05) is 18.7 Å². The van der Waals surface area contributed by atoms with E-state index in [1.807, 2.05) is 42.2 Å². The third-order valence-electron chi connectivity index (χ3n) is 4.89. The van der Waals surface area contributed by atoms with Crippen molar-refractivity contribution in [1.82, 2.24) is 19.5 Å². The van der Waals surface area contributed by atoms with Crippen molar-refractivity contribution in [2.75, 3.05) is 6.26 Å². The molecule has 2 heterocycles. The molecule has 1 aromatic carbocycles. The van der Waals surface area contributed by atoms with Gasteiger partial charge in [-0.05, 0) is 37.2 Å². The van der Waals surface area contributed by atoms with Crippen molar-refractivity contribution in [2.45, 2.75) is 50.0 Å². The molecular weight excluding hydrogens is 633 g/mol. The summed E-state index contributed by atoms with van der Waals surface area (Å²) in [5.74, 6) is 1.68. The minimum atomic E-state index is -1.36. The first-order valence-electron chi connectivity index (χ1n) is 9.39. The molecule has 0 spiro atoms. The van der Waals surface area contributed by atoms with Gasteiger partial charge in [-0.3, -0.25) is 9.19 Å². The molecule has 3 unspecified atom stereocenters. The van der Waals surface area contributed by atoms with Gasteiger partial charge in [-0.15, -0.1) is 0 Å². The molecule has 0 amide bonds. The van der Waals surface area contributed by atoms with Crippen molar-refractivity contribution in [1.29, 1.82) is 0 Å². The van der Waals surface area contributed by atoms with Crippen LogP contribution in [0.25, 0.3) is 16.9 Å². The number of fused-ring (bicyclic) bond motifs is 1. The second-order valence-electron chi connectivity index (χ2n) is 6.94. The van der Waals surface area contributed by atoms with Gasteiger partial charge < -0.3 is 20.8 Å². The molecule has 1 aliphatic carbocycles. The zero-order valence-corrected chi connectivity index (χ0v) is 19.4. The summed E-state index contributed by atoms with van der Waals surface area (Å²) in [5, 5.41) is 10.1. The SMILES string of the molecule is C[CH-]c1nc2ccccc2n1-c1cc(OC2CCCC(O)C2)nc(S(C)=O)n1.[Fm]. The van der Waals surface area contributed by atoms with Gasteiger partial charge in [-0.25, -0.2) is 4.98 Å². The Kier molecular flexibility index (Phi) is 5.79. The number of ether oxygens (including phenoxy) is 1. The molecular formula is C20H23FmN4O3S-. The largest absolute Gasteiger partial charge is 0.474 e. The van der Waals surface area contributed by atoms with Gasteiger partial charge in [0.15, 0.2) is 0 Å². The van der Waals surface area contributed by atoms with Gasteiger partial charge in [-0.2, -0.15) is 11.9 Å². The Morgan fingerprint density at radius 3 is 2.76 bits per heavy atom. The number of aliphatic hydroxyl groups excluding tert-OH is 1. The van der Waals surface area contributed by atoms with Crippen LogP contribution in [0.5, 0.6) is 5.88 Å². The fourth-order valence-electron chi connectivity index (χ4n) is 3.57. The van der Waals surface area contributed by atoms with Crippen molar-refractivity contribution >= 4 is 21.8 Å². The van der Waals surface area contributed by atoms with Crippen LogP contribution in [0.4, 0.5) is 0 Å². The molecule has 1 N–H and O–H groups in total. The smallest absolute Gasteiger partial charge is 0.223 e. The van der Waals surface area contributed by atoms with Crippen molar-refractivity contribution < 1.29 is 14.1 Å². The van der Waals surface area contributed by atoms with E-state index in [4.69, 9.17) is 4.74 Å². The first kappa shape index (κ1) is 20.3. The van der Waals surface area contributed by atoms with Crippen molar-refractivity contribution in [3.63, 3.8) is 0 Å². The number of hydrogen-bond acceptors (Lipinski definition) is 6. The molecule has 1 aliphatic rings. The van der Waals surface area contributed by atoms with Gasteiger partial charge >= 0.3 is 0 Å². The number of aliphatic hydroxyl groups is 1. The number of aromatic nitrogens is 4. The van der Waals surface area contributed by atoms with Crippen LogP contribution in [-0.4, -0.2) is 47.3 Å². The van der Waals surface area contributed by atoms with Crippen molar-refractivity contribution in [3.05, 3.63) is 42.6 Å². The van der Waals surface area contributed by atoms with E-state index in [9.17, 15) is 9.32 Å². The molecule has 1 saturated carbocycles. The molecule has 0 radical (unpaired) electrons. The van der Waals surface area contributed by atoms with E-state index in [0.717, 1.165) is 36.1 Å². The predicted octanol–water partition coefficient (Wildman–Crippen LogP) is 2.81.